The molecule has 0 spiro atoms. The second kappa shape index (κ2) is 8.73. The first kappa shape index (κ1) is 22.2. The first-order valence-electron chi connectivity index (χ1n) is 8.47. The molecule has 3 rings (SSSR count). The average Bonchev–Trinajstić information content (AvgIpc) is 2.63. The van der Waals surface area contributed by atoms with Gasteiger partial charge in [0, 0.05) is 11.6 Å². The number of aliphatic carboxylic acids is 1. The quantitative estimate of drug-likeness (QED) is 0.549. The number of rotatable bonds is 6. The number of ketones is 1. The Balaban J connectivity index is 2.00. The van der Waals surface area contributed by atoms with Crippen LogP contribution in [0.3, 0.4) is 0 Å². The normalized spacial score (nSPS) is 15.9. The number of alkyl halides is 3. The molecule has 11 heteroatoms. The van der Waals surface area contributed by atoms with Crippen LogP contribution in [0.1, 0.15) is 34.9 Å². The zero-order chi connectivity index (χ0) is 22.1. The first-order valence-corrected chi connectivity index (χ1v) is 9.64. The minimum atomic E-state index is -4.95. The van der Waals surface area contributed by atoms with Gasteiger partial charge in [0.25, 0.3) is 0 Å². The molecule has 6 nitrogen and oxygen atoms in total. The lowest BCUT2D eigenvalue weighted by Gasteiger charge is -2.28. The molecule has 30 heavy (non-hydrogen) atoms. The van der Waals surface area contributed by atoms with Gasteiger partial charge in [-0.1, -0.05) is 17.7 Å². The van der Waals surface area contributed by atoms with Gasteiger partial charge in [0.2, 0.25) is 0 Å². The van der Waals surface area contributed by atoms with E-state index in [4.69, 9.17) is 26.2 Å². The number of ether oxygens (including phenoxy) is 3. The number of carboxylic acid groups (broad SMARTS) is 1. The SMILES string of the molecule is O=C(O)CCOc1cc(OC(F)(F)F)c(Br)cc1C1CC(=O)c2cccc(Cl)c2O1. The van der Waals surface area contributed by atoms with E-state index in [-0.39, 0.29) is 51.8 Å². The molecule has 0 aliphatic carbocycles. The van der Waals surface area contributed by atoms with E-state index in [0.29, 0.717) is 5.56 Å². The van der Waals surface area contributed by atoms with Gasteiger partial charge in [-0.2, -0.15) is 0 Å². The molecule has 160 valence electrons. The van der Waals surface area contributed by atoms with Crippen molar-refractivity contribution in [2.45, 2.75) is 25.3 Å². The number of halogens is 5. The Hall–Kier alpha value is -2.46. The number of para-hydroxylation sites is 1. The van der Waals surface area contributed by atoms with E-state index in [1.54, 1.807) is 12.1 Å². The number of hydrogen-bond acceptors (Lipinski definition) is 5. The van der Waals surface area contributed by atoms with Crippen LogP contribution in [0.4, 0.5) is 13.2 Å². The zero-order valence-electron chi connectivity index (χ0n) is 15.0. The lowest BCUT2D eigenvalue weighted by molar-refractivity contribution is -0.274. The van der Waals surface area contributed by atoms with Gasteiger partial charge in [0.05, 0.1) is 34.5 Å². The summed E-state index contributed by atoms with van der Waals surface area (Å²) in [6.45, 7) is -0.312. The van der Waals surface area contributed by atoms with Crippen molar-refractivity contribution in [1.82, 2.24) is 0 Å². The van der Waals surface area contributed by atoms with Gasteiger partial charge in [-0.3, -0.25) is 9.59 Å². The zero-order valence-corrected chi connectivity index (χ0v) is 17.3. The predicted molar refractivity (Wildman–Crippen MR) is 102 cm³/mol. The molecule has 1 heterocycles. The minimum absolute atomic E-state index is 0.0542. The summed E-state index contributed by atoms with van der Waals surface area (Å²) in [5.41, 5.74) is 0.531. The highest BCUT2D eigenvalue weighted by atomic mass is 79.9. The summed E-state index contributed by atoms with van der Waals surface area (Å²) < 4.78 is 53.2. The Morgan fingerprint density at radius 3 is 2.70 bits per heavy atom. The van der Waals surface area contributed by atoms with Crippen molar-refractivity contribution in [2.24, 2.45) is 0 Å². The van der Waals surface area contributed by atoms with Gasteiger partial charge in [0.15, 0.2) is 5.78 Å². The summed E-state index contributed by atoms with van der Waals surface area (Å²) in [4.78, 5) is 23.3. The molecule has 0 bridgehead atoms. The van der Waals surface area contributed by atoms with Gasteiger partial charge >= 0.3 is 12.3 Å². The molecule has 2 aromatic carbocycles. The van der Waals surface area contributed by atoms with Gasteiger partial charge in [0.1, 0.15) is 23.4 Å². The molecule has 0 saturated carbocycles. The second-order valence-electron chi connectivity index (χ2n) is 6.21. The molecular formula is C19H13BrClF3O6. The molecule has 0 fully saturated rings. The highest BCUT2D eigenvalue weighted by Crippen LogP contribution is 2.45. The summed E-state index contributed by atoms with van der Waals surface area (Å²) in [6.07, 6.45) is -6.37. The number of hydrogen-bond donors (Lipinski definition) is 1. The smallest absolute Gasteiger partial charge is 0.492 e. The minimum Gasteiger partial charge on any atom is -0.492 e. The van der Waals surface area contributed by atoms with Crippen LogP contribution in [-0.4, -0.2) is 29.8 Å². The third-order valence-corrected chi connectivity index (χ3v) is 5.03. The van der Waals surface area contributed by atoms with Crippen molar-refractivity contribution in [3.8, 4) is 17.2 Å². The second-order valence-corrected chi connectivity index (χ2v) is 7.47. The fourth-order valence-electron chi connectivity index (χ4n) is 2.86. The van der Waals surface area contributed by atoms with Crippen molar-refractivity contribution in [1.29, 1.82) is 0 Å². The third-order valence-electron chi connectivity index (χ3n) is 4.11. The van der Waals surface area contributed by atoms with E-state index in [1.807, 2.05) is 0 Å². The summed E-state index contributed by atoms with van der Waals surface area (Å²) in [5, 5.41) is 8.99. The van der Waals surface area contributed by atoms with Crippen LogP contribution in [-0.2, 0) is 4.79 Å². The number of carbonyl (C=O) groups excluding carboxylic acids is 1. The summed E-state index contributed by atoms with van der Waals surface area (Å²) in [7, 11) is 0. The number of Topliss-reactive ketones (excluding diaryl/α,β-unsaturated/α-hetero) is 1. The van der Waals surface area contributed by atoms with Crippen molar-refractivity contribution >= 4 is 39.3 Å². The molecule has 0 amide bonds. The Morgan fingerprint density at radius 1 is 1.30 bits per heavy atom. The summed E-state index contributed by atoms with van der Waals surface area (Å²) >= 11 is 9.13. The first-order chi connectivity index (χ1) is 14.0. The molecule has 0 saturated heterocycles. The van der Waals surface area contributed by atoms with Crippen LogP contribution >= 0.6 is 27.5 Å². The predicted octanol–water partition coefficient (Wildman–Crippen LogP) is 5.56. The van der Waals surface area contributed by atoms with Gasteiger partial charge in [-0.25, -0.2) is 0 Å². The number of carbonyl (C=O) groups is 2. The maximum absolute atomic E-state index is 12.7. The van der Waals surface area contributed by atoms with E-state index in [0.717, 1.165) is 6.07 Å². The Kier molecular flexibility index (Phi) is 6.47. The molecule has 0 aromatic heterocycles. The third kappa shape index (κ3) is 5.17. The van der Waals surface area contributed by atoms with Crippen LogP contribution in [0.15, 0.2) is 34.8 Å². The van der Waals surface area contributed by atoms with E-state index in [1.165, 1.54) is 12.1 Å². The van der Waals surface area contributed by atoms with Gasteiger partial charge < -0.3 is 19.3 Å². The number of fused-ring (bicyclic) bond motifs is 1. The molecule has 1 aliphatic rings. The fraction of sp³-hybridized carbons (Fsp3) is 0.263. The highest BCUT2D eigenvalue weighted by Gasteiger charge is 2.35. The van der Waals surface area contributed by atoms with E-state index >= 15 is 0 Å². The van der Waals surface area contributed by atoms with Crippen LogP contribution in [0, 0.1) is 0 Å². The summed E-state index contributed by atoms with van der Waals surface area (Å²) in [6, 6.07) is 6.93. The molecule has 1 aliphatic heterocycles. The molecule has 2 aromatic rings. The van der Waals surface area contributed by atoms with Crippen molar-refractivity contribution in [3.05, 3.63) is 51.0 Å². The molecule has 1 atom stereocenters. The van der Waals surface area contributed by atoms with Crippen LogP contribution in [0.25, 0.3) is 0 Å². The lowest BCUT2D eigenvalue weighted by Crippen LogP contribution is -2.22. The Bertz CT molecular complexity index is 995. The topological polar surface area (TPSA) is 82.1 Å². The van der Waals surface area contributed by atoms with Gasteiger partial charge in [-0.05, 0) is 34.1 Å². The number of carboxylic acids is 1. The Morgan fingerprint density at radius 2 is 2.03 bits per heavy atom. The highest BCUT2D eigenvalue weighted by molar-refractivity contribution is 9.10. The molecule has 1 unspecified atom stereocenters. The molecule has 0 radical (unpaired) electrons. The van der Waals surface area contributed by atoms with Crippen molar-refractivity contribution in [3.63, 3.8) is 0 Å². The van der Waals surface area contributed by atoms with Gasteiger partial charge in [-0.15, -0.1) is 13.2 Å². The van der Waals surface area contributed by atoms with Crippen LogP contribution < -0.4 is 14.2 Å². The van der Waals surface area contributed by atoms with E-state index in [2.05, 4.69) is 20.7 Å². The van der Waals surface area contributed by atoms with Crippen LogP contribution in [0.2, 0.25) is 5.02 Å². The van der Waals surface area contributed by atoms with Crippen molar-refractivity contribution in [2.75, 3.05) is 6.61 Å². The van der Waals surface area contributed by atoms with E-state index < -0.39 is 24.2 Å². The maximum Gasteiger partial charge on any atom is 0.573 e. The lowest BCUT2D eigenvalue weighted by atomic mass is 9.95. The van der Waals surface area contributed by atoms with Crippen molar-refractivity contribution < 1.29 is 42.1 Å². The number of benzene rings is 2. The largest absolute Gasteiger partial charge is 0.573 e. The Labute approximate surface area is 181 Å². The summed E-state index contributed by atoms with van der Waals surface area (Å²) in [5.74, 6) is -1.95. The fourth-order valence-corrected chi connectivity index (χ4v) is 3.52. The standard InChI is InChI=1S/C19H13BrClF3O6/c20-11-6-10(15-7-13(25)9-2-1-3-12(21)18(9)29-15)14(28-5-4-17(26)27)8-16(11)30-19(22,23)24/h1-3,6,8,15H,4-5,7H2,(H,26,27). The molecular weight excluding hydrogens is 497 g/mol. The van der Waals surface area contributed by atoms with E-state index in [9.17, 15) is 22.8 Å². The monoisotopic (exact) mass is 508 g/mol. The maximum atomic E-state index is 12.7. The molecule has 1 N–H and O–H groups in total. The van der Waals surface area contributed by atoms with Crippen LogP contribution in [0.5, 0.6) is 17.2 Å². The average molecular weight is 510 g/mol.